The highest BCUT2D eigenvalue weighted by Crippen LogP contribution is 2.18. The van der Waals surface area contributed by atoms with Crippen LogP contribution < -0.4 is 4.72 Å². The number of alkyl halides is 1. The lowest BCUT2D eigenvalue weighted by Gasteiger charge is -2.18. The molecule has 0 aliphatic rings. The van der Waals surface area contributed by atoms with Gasteiger partial charge in [-0.05, 0) is 68.7 Å². The summed E-state index contributed by atoms with van der Waals surface area (Å²) in [6.45, 7) is 5.10. The van der Waals surface area contributed by atoms with Gasteiger partial charge in [-0.25, -0.2) is 8.42 Å². The van der Waals surface area contributed by atoms with Crippen molar-refractivity contribution in [2.24, 2.45) is 0 Å². The number of aryl methyl sites for hydroxylation is 1. The second kappa shape index (κ2) is 9.76. The fourth-order valence-corrected chi connectivity index (χ4v) is 3.89. The van der Waals surface area contributed by atoms with E-state index in [-0.39, 0.29) is 10.8 Å². The zero-order valence-electron chi connectivity index (χ0n) is 15.6. The minimum Gasteiger partial charge on any atom is -0.339 e. The Morgan fingerprint density at radius 2 is 1.59 bits per heavy atom. The van der Waals surface area contributed by atoms with Gasteiger partial charge < -0.3 is 4.90 Å². The molecule has 0 saturated carbocycles. The van der Waals surface area contributed by atoms with Gasteiger partial charge in [0.2, 0.25) is 0 Å². The van der Waals surface area contributed by atoms with Crippen LogP contribution in [0.2, 0.25) is 0 Å². The van der Waals surface area contributed by atoms with Crippen LogP contribution in [0.1, 0.15) is 36.2 Å². The van der Waals surface area contributed by atoms with Gasteiger partial charge in [0, 0.05) is 30.2 Å². The lowest BCUT2D eigenvalue weighted by Crippen LogP contribution is -2.30. The van der Waals surface area contributed by atoms with Crippen molar-refractivity contribution >= 4 is 33.2 Å². The molecule has 0 heterocycles. The molecule has 5 nitrogen and oxygen atoms in total. The Morgan fingerprint density at radius 1 is 1.00 bits per heavy atom. The van der Waals surface area contributed by atoms with E-state index in [1.165, 1.54) is 0 Å². The van der Waals surface area contributed by atoms with Crippen LogP contribution in [0.3, 0.4) is 0 Å². The van der Waals surface area contributed by atoms with E-state index in [1.807, 2.05) is 13.8 Å². The minimum absolute atomic E-state index is 0.0676. The molecule has 2 rings (SSSR count). The van der Waals surface area contributed by atoms with Crippen molar-refractivity contribution in [3.63, 3.8) is 0 Å². The quantitative estimate of drug-likeness (QED) is 0.634. The fraction of sp³-hybridized carbons (Fsp3) is 0.350. The Kier molecular flexibility index (Phi) is 7.68. The molecule has 0 spiro atoms. The van der Waals surface area contributed by atoms with E-state index in [1.54, 1.807) is 53.4 Å². The molecule has 1 N–H and O–H groups in total. The van der Waals surface area contributed by atoms with Gasteiger partial charge >= 0.3 is 0 Å². The summed E-state index contributed by atoms with van der Waals surface area (Å²) >= 11 is 5.68. The summed E-state index contributed by atoms with van der Waals surface area (Å²) in [6.07, 6.45) is 1.67. The van der Waals surface area contributed by atoms with Gasteiger partial charge in [0.05, 0.1) is 4.90 Å². The standard InChI is InChI=1S/C20H25ClN2O3S/c1-3-23(4-2)20(24)17-9-11-18(12-10-17)22-27(25,26)19-13-7-16(8-14-19)6-5-15-21/h7-14,22H,3-6,15H2,1-2H3. The molecule has 0 atom stereocenters. The Morgan fingerprint density at radius 3 is 2.11 bits per heavy atom. The van der Waals surface area contributed by atoms with Gasteiger partial charge in [-0.2, -0.15) is 0 Å². The number of rotatable bonds is 9. The second-order valence-electron chi connectivity index (χ2n) is 6.10. The number of halogens is 1. The van der Waals surface area contributed by atoms with E-state index in [4.69, 9.17) is 11.6 Å². The average molecular weight is 409 g/mol. The summed E-state index contributed by atoms with van der Waals surface area (Å²) in [6, 6.07) is 13.2. The maximum absolute atomic E-state index is 12.5. The highest BCUT2D eigenvalue weighted by molar-refractivity contribution is 7.92. The molecular formula is C20H25ClN2O3S. The smallest absolute Gasteiger partial charge is 0.261 e. The molecule has 0 aliphatic carbocycles. The number of carbonyl (C=O) groups excluding carboxylic acids is 1. The molecule has 0 saturated heterocycles. The first kappa shape index (κ1) is 21.3. The Labute approximate surface area is 166 Å². The second-order valence-corrected chi connectivity index (χ2v) is 8.16. The third-order valence-electron chi connectivity index (χ3n) is 4.27. The molecule has 0 aliphatic heterocycles. The van der Waals surface area contributed by atoms with Crippen molar-refractivity contribution < 1.29 is 13.2 Å². The molecule has 27 heavy (non-hydrogen) atoms. The number of nitrogens with zero attached hydrogens (tertiary/aromatic N) is 1. The summed E-state index contributed by atoms with van der Waals surface area (Å²) in [5.74, 6) is 0.510. The fourth-order valence-electron chi connectivity index (χ4n) is 2.69. The van der Waals surface area contributed by atoms with Crippen molar-refractivity contribution in [3.8, 4) is 0 Å². The van der Waals surface area contributed by atoms with Crippen LogP contribution in [-0.2, 0) is 16.4 Å². The first-order valence-corrected chi connectivity index (χ1v) is 11.0. The predicted octanol–water partition coefficient (Wildman–Crippen LogP) is 4.14. The van der Waals surface area contributed by atoms with Crippen molar-refractivity contribution in [2.45, 2.75) is 31.6 Å². The topological polar surface area (TPSA) is 66.5 Å². The van der Waals surface area contributed by atoms with Gasteiger partial charge in [0.25, 0.3) is 15.9 Å². The molecule has 2 aromatic rings. The van der Waals surface area contributed by atoms with Gasteiger partial charge in [-0.3, -0.25) is 9.52 Å². The highest BCUT2D eigenvalue weighted by Gasteiger charge is 2.16. The number of nitrogens with one attached hydrogen (secondary N) is 1. The molecule has 1 amide bonds. The van der Waals surface area contributed by atoms with Crippen LogP contribution in [0.5, 0.6) is 0 Å². The number of anilines is 1. The molecular weight excluding hydrogens is 384 g/mol. The summed E-state index contributed by atoms with van der Waals surface area (Å²) in [5, 5.41) is 0. The summed E-state index contributed by atoms with van der Waals surface area (Å²) in [7, 11) is -3.68. The summed E-state index contributed by atoms with van der Waals surface area (Å²) < 4.78 is 27.6. The van der Waals surface area contributed by atoms with E-state index in [2.05, 4.69) is 4.72 Å². The SMILES string of the molecule is CCN(CC)C(=O)c1ccc(NS(=O)(=O)c2ccc(CCCCl)cc2)cc1. The number of hydrogen-bond acceptors (Lipinski definition) is 3. The molecule has 0 radical (unpaired) electrons. The summed E-state index contributed by atoms with van der Waals surface area (Å²) in [5.41, 5.74) is 2.00. The average Bonchev–Trinajstić information content (AvgIpc) is 2.68. The highest BCUT2D eigenvalue weighted by atomic mass is 35.5. The van der Waals surface area contributed by atoms with Gasteiger partial charge in [-0.15, -0.1) is 11.6 Å². The molecule has 7 heteroatoms. The molecule has 0 aromatic heterocycles. The Hall–Kier alpha value is -2.05. The lowest BCUT2D eigenvalue weighted by atomic mass is 10.1. The van der Waals surface area contributed by atoms with Gasteiger partial charge in [0.1, 0.15) is 0 Å². The van der Waals surface area contributed by atoms with Crippen LogP contribution in [0.4, 0.5) is 5.69 Å². The third kappa shape index (κ3) is 5.71. The van der Waals surface area contributed by atoms with E-state index in [0.717, 1.165) is 18.4 Å². The molecule has 2 aromatic carbocycles. The van der Waals surface area contributed by atoms with E-state index < -0.39 is 10.0 Å². The van der Waals surface area contributed by atoms with Crippen LogP contribution >= 0.6 is 11.6 Å². The van der Waals surface area contributed by atoms with Crippen molar-refractivity contribution in [1.29, 1.82) is 0 Å². The van der Waals surface area contributed by atoms with Crippen LogP contribution in [0.15, 0.2) is 53.4 Å². The zero-order valence-corrected chi connectivity index (χ0v) is 17.2. The molecule has 0 bridgehead atoms. The number of amides is 1. The normalized spacial score (nSPS) is 11.2. The maximum atomic E-state index is 12.5. The van der Waals surface area contributed by atoms with Crippen LogP contribution in [0.25, 0.3) is 0 Å². The first-order chi connectivity index (χ1) is 12.9. The largest absolute Gasteiger partial charge is 0.339 e. The zero-order chi connectivity index (χ0) is 19.9. The maximum Gasteiger partial charge on any atom is 0.261 e. The predicted molar refractivity (Wildman–Crippen MR) is 110 cm³/mol. The van der Waals surface area contributed by atoms with Gasteiger partial charge in [0.15, 0.2) is 0 Å². The molecule has 0 unspecified atom stereocenters. The Bertz CT molecular complexity index is 846. The van der Waals surface area contributed by atoms with Crippen molar-refractivity contribution in [2.75, 3.05) is 23.7 Å². The van der Waals surface area contributed by atoms with E-state index in [0.29, 0.717) is 30.2 Å². The van der Waals surface area contributed by atoms with Crippen LogP contribution in [0, 0.1) is 0 Å². The number of carbonyl (C=O) groups is 1. The number of benzene rings is 2. The minimum atomic E-state index is -3.68. The van der Waals surface area contributed by atoms with Crippen LogP contribution in [-0.4, -0.2) is 38.2 Å². The summed E-state index contributed by atoms with van der Waals surface area (Å²) in [4.78, 5) is 14.2. The van der Waals surface area contributed by atoms with E-state index >= 15 is 0 Å². The first-order valence-electron chi connectivity index (χ1n) is 8.98. The molecule has 0 fully saturated rings. The lowest BCUT2D eigenvalue weighted by molar-refractivity contribution is 0.0773. The monoisotopic (exact) mass is 408 g/mol. The van der Waals surface area contributed by atoms with Crippen molar-refractivity contribution in [1.82, 2.24) is 4.90 Å². The Balaban J connectivity index is 2.10. The van der Waals surface area contributed by atoms with E-state index in [9.17, 15) is 13.2 Å². The molecule has 146 valence electrons. The van der Waals surface area contributed by atoms with Crippen molar-refractivity contribution in [3.05, 3.63) is 59.7 Å². The third-order valence-corrected chi connectivity index (χ3v) is 5.93. The number of hydrogen-bond donors (Lipinski definition) is 1. The number of sulfonamides is 1. The van der Waals surface area contributed by atoms with Gasteiger partial charge in [-0.1, -0.05) is 12.1 Å².